The Morgan fingerprint density at radius 3 is 2.44 bits per heavy atom. The number of ether oxygens (including phenoxy) is 1. The maximum absolute atomic E-state index is 13.0. The molecule has 9 nitrogen and oxygen atoms in total. The molecule has 2 aromatic rings. The third-order valence-corrected chi connectivity index (χ3v) is 8.42. The number of benzene rings is 1. The van der Waals surface area contributed by atoms with Crippen molar-refractivity contribution in [3.63, 3.8) is 0 Å². The largest absolute Gasteiger partial charge is 0.493 e. The molecule has 2 fully saturated rings. The Hall–Kier alpha value is -2.91. The summed E-state index contributed by atoms with van der Waals surface area (Å²) in [6.07, 6.45) is 7.03. The topological polar surface area (TPSA) is 97.8 Å². The van der Waals surface area contributed by atoms with E-state index in [1.54, 1.807) is 0 Å². The molecule has 9 heteroatoms. The minimum atomic E-state index is 0.0996. The van der Waals surface area contributed by atoms with Crippen LogP contribution in [0, 0.1) is 11.8 Å². The number of carbonyl (C=O) groups is 1. The van der Waals surface area contributed by atoms with Gasteiger partial charge < -0.3 is 24.2 Å². The van der Waals surface area contributed by atoms with Gasteiger partial charge in [0.1, 0.15) is 5.75 Å². The summed E-state index contributed by atoms with van der Waals surface area (Å²) in [5, 5.41) is 11.5. The molecule has 0 spiro atoms. The number of amides is 1. The van der Waals surface area contributed by atoms with E-state index in [-0.39, 0.29) is 11.8 Å². The van der Waals surface area contributed by atoms with E-state index in [2.05, 4.69) is 64.1 Å². The number of hydrogen-bond donors (Lipinski definition) is 0. The van der Waals surface area contributed by atoms with E-state index in [0.29, 0.717) is 24.4 Å². The molecule has 2 N–H and O–H groups in total. The summed E-state index contributed by atoms with van der Waals surface area (Å²) in [5.74, 6) is 2.87. The number of aromatic nitrogens is 2. The molecule has 39 heavy (non-hydrogen) atoms. The number of rotatable bonds is 9. The van der Waals surface area contributed by atoms with E-state index in [0.717, 1.165) is 96.1 Å². The van der Waals surface area contributed by atoms with Gasteiger partial charge in [-0.25, -0.2) is 0 Å². The van der Waals surface area contributed by atoms with Crippen LogP contribution in [0.15, 0.2) is 34.9 Å². The van der Waals surface area contributed by atoms with Crippen LogP contribution < -0.4 is 9.64 Å². The summed E-state index contributed by atoms with van der Waals surface area (Å²) in [6, 6.07) is 9.09. The Bertz CT molecular complexity index is 1100. The Labute approximate surface area is 231 Å². The highest BCUT2D eigenvalue weighted by atomic mass is 16.5. The molecule has 1 aromatic heterocycles. The van der Waals surface area contributed by atoms with E-state index in [1.165, 1.54) is 11.1 Å². The van der Waals surface area contributed by atoms with Crippen LogP contribution in [0.1, 0.15) is 63.3 Å². The highest BCUT2D eigenvalue weighted by Gasteiger charge is 2.29. The summed E-state index contributed by atoms with van der Waals surface area (Å²) in [4.78, 5) is 24.1. The van der Waals surface area contributed by atoms with Crippen molar-refractivity contribution in [2.24, 2.45) is 11.8 Å². The zero-order valence-electron chi connectivity index (χ0n) is 23.5. The van der Waals surface area contributed by atoms with Crippen LogP contribution in [0.4, 0.5) is 6.01 Å². The molecule has 1 amide bonds. The van der Waals surface area contributed by atoms with Crippen molar-refractivity contribution in [1.82, 2.24) is 19.9 Å². The number of piperidine rings is 1. The van der Waals surface area contributed by atoms with Crippen LogP contribution in [0.5, 0.6) is 5.75 Å². The zero-order chi connectivity index (χ0) is 27.2. The number of piperazine rings is 1. The molecular formula is C30H44N5O4+. The van der Waals surface area contributed by atoms with Crippen LogP contribution in [0.2, 0.25) is 0 Å². The molecule has 5 rings (SSSR count). The van der Waals surface area contributed by atoms with E-state index in [1.807, 2.05) is 4.90 Å². The molecule has 1 aliphatic carbocycles. The van der Waals surface area contributed by atoms with Crippen molar-refractivity contribution in [1.29, 1.82) is 0 Å². The zero-order valence-corrected chi connectivity index (χ0v) is 23.5. The molecule has 0 bridgehead atoms. The highest BCUT2D eigenvalue weighted by molar-refractivity contribution is 5.81. The Morgan fingerprint density at radius 1 is 1.08 bits per heavy atom. The summed E-state index contributed by atoms with van der Waals surface area (Å²) in [6.45, 7) is 11.3. The first kappa shape index (κ1) is 27.6. The van der Waals surface area contributed by atoms with Crippen LogP contribution in [0.25, 0.3) is 5.57 Å². The van der Waals surface area contributed by atoms with Crippen molar-refractivity contribution in [2.75, 3.05) is 63.9 Å². The normalized spacial score (nSPS) is 21.3. The number of allylic oxidation sites excluding steroid dienone is 2. The molecule has 3 heterocycles. The van der Waals surface area contributed by atoms with Crippen LogP contribution >= 0.6 is 0 Å². The average Bonchev–Trinajstić information content (AvgIpc) is 3.48. The predicted octanol–water partition coefficient (Wildman–Crippen LogP) is 3.54. The first-order valence-electron chi connectivity index (χ1n) is 14.7. The number of anilines is 1. The molecule has 2 saturated heterocycles. The molecule has 1 atom stereocenters. The van der Waals surface area contributed by atoms with Gasteiger partial charge in [0.05, 0.1) is 13.2 Å². The molecular weight excluding hydrogens is 494 g/mol. The lowest BCUT2D eigenvalue weighted by atomic mass is 9.85. The quantitative estimate of drug-likeness (QED) is 0.451. The maximum atomic E-state index is 13.0. The first-order chi connectivity index (χ1) is 19.0. The second kappa shape index (κ2) is 13.0. The third-order valence-electron chi connectivity index (χ3n) is 8.42. The smallest absolute Gasteiger partial charge is 0.324 e. The molecule has 0 radical (unpaired) electrons. The molecule has 1 aromatic carbocycles. The highest BCUT2D eigenvalue weighted by Crippen LogP contribution is 2.32. The lowest BCUT2D eigenvalue weighted by molar-refractivity contribution is -0.137. The van der Waals surface area contributed by atoms with Gasteiger partial charge in [0.2, 0.25) is 5.91 Å². The van der Waals surface area contributed by atoms with Gasteiger partial charge in [-0.05, 0) is 61.3 Å². The van der Waals surface area contributed by atoms with Gasteiger partial charge in [-0.1, -0.05) is 37.2 Å². The van der Waals surface area contributed by atoms with Crippen LogP contribution in [-0.4, -0.2) is 90.0 Å². The second-order valence-corrected chi connectivity index (χ2v) is 11.5. The fourth-order valence-corrected chi connectivity index (χ4v) is 5.79. The monoisotopic (exact) mass is 538 g/mol. The summed E-state index contributed by atoms with van der Waals surface area (Å²) < 4.78 is 11.6. The number of carbonyl (C=O) groups excluding carboxylic acids is 1. The van der Waals surface area contributed by atoms with Crippen LogP contribution in [-0.2, 0) is 4.79 Å². The van der Waals surface area contributed by atoms with Gasteiger partial charge in [-0.15, -0.1) is 0 Å². The molecule has 2 aliphatic heterocycles. The van der Waals surface area contributed by atoms with Crippen molar-refractivity contribution in [3.05, 3.63) is 41.7 Å². The number of hydrogen-bond acceptors (Lipinski definition) is 7. The van der Waals surface area contributed by atoms with Gasteiger partial charge >= 0.3 is 6.01 Å². The van der Waals surface area contributed by atoms with Crippen LogP contribution in [0.3, 0.4) is 0 Å². The van der Waals surface area contributed by atoms with Gasteiger partial charge in [-0.3, -0.25) is 9.69 Å². The van der Waals surface area contributed by atoms with E-state index in [9.17, 15) is 4.79 Å². The number of nitrogens with zero attached hydrogens (tertiary/aromatic N) is 5. The van der Waals surface area contributed by atoms with Crippen molar-refractivity contribution < 1.29 is 19.2 Å². The van der Waals surface area contributed by atoms with Gasteiger partial charge in [0.15, 0.2) is 12.4 Å². The molecule has 1 unspecified atom stereocenters. The van der Waals surface area contributed by atoms with Crippen molar-refractivity contribution in [3.8, 4) is 5.75 Å². The SMILES string of the molecule is CC(C)c1noc(N2CCC(COc3ccc(C4=CCC(C(=O)N5CCN(CC[OH2+])CC5)CC4)cc3)CC2)n1. The molecule has 0 saturated carbocycles. The first-order valence-corrected chi connectivity index (χ1v) is 14.7. The van der Waals surface area contributed by atoms with Gasteiger partial charge in [-0.2, -0.15) is 4.98 Å². The van der Waals surface area contributed by atoms with Gasteiger partial charge in [0.25, 0.3) is 0 Å². The third kappa shape index (κ3) is 7.00. The van der Waals surface area contributed by atoms with Crippen molar-refractivity contribution in [2.45, 2.75) is 51.9 Å². The summed E-state index contributed by atoms with van der Waals surface area (Å²) in [5.41, 5.74) is 2.56. The van der Waals surface area contributed by atoms with E-state index < -0.39 is 0 Å². The van der Waals surface area contributed by atoms with Gasteiger partial charge in [0, 0.05) is 51.1 Å². The predicted molar refractivity (Wildman–Crippen MR) is 152 cm³/mol. The lowest BCUT2D eigenvalue weighted by Crippen LogP contribution is -2.50. The Morgan fingerprint density at radius 2 is 1.82 bits per heavy atom. The fourth-order valence-electron chi connectivity index (χ4n) is 5.79. The van der Waals surface area contributed by atoms with E-state index in [4.69, 9.17) is 14.4 Å². The minimum Gasteiger partial charge on any atom is -0.493 e. The average molecular weight is 539 g/mol. The summed E-state index contributed by atoms with van der Waals surface area (Å²) in [7, 11) is 0. The maximum Gasteiger partial charge on any atom is 0.324 e. The standard InChI is InChI=1S/C30H43N5O4/c1-22(2)28-31-30(39-32-28)35-13-11-23(12-14-35)21-38-27-9-7-25(8-10-27)24-3-5-26(6-4-24)29(37)34-17-15-33(16-18-34)19-20-36/h3,7-10,22-23,26,36H,4-6,11-21H2,1-2H3/p+1. The fraction of sp³-hybridized carbons (Fsp3) is 0.633. The second-order valence-electron chi connectivity index (χ2n) is 11.5. The van der Waals surface area contributed by atoms with Crippen molar-refractivity contribution >= 4 is 17.5 Å². The van der Waals surface area contributed by atoms with E-state index >= 15 is 0 Å². The minimum absolute atomic E-state index is 0.0996. The molecule has 3 aliphatic rings. The lowest BCUT2D eigenvalue weighted by Gasteiger charge is -2.36. The summed E-state index contributed by atoms with van der Waals surface area (Å²) >= 11 is 0. The Kier molecular flexibility index (Phi) is 9.19. The molecule has 212 valence electrons. The Balaban J connectivity index is 1.04.